The summed E-state index contributed by atoms with van der Waals surface area (Å²) in [6.07, 6.45) is 1.66. The van der Waals surface area contributed by atoms with E-state index in [0.717, 1.165) is 21.3 Å². The number of carbonyl (C=O) groups is 2. The minimum atomic E-state index is -0.274. The molecule has 0 radical (unpaired) electrons. The van der Waals surface area contributed by atoms with E-state index >= 15 is 0 Å². The fourth-order valence-electron chi connectivity index (χ4n) is 3.18. The van der Waals surface area contributed by atoms with Gasteiger partial charge in [0.2, 0.25) is 11.9 Å². The largest absolute Gasteiger partial charge is 0.484 e. The summed E-state index contributed by atoms with van der Waals surface area (Å²) < 4.78 is 8.29. The number of aryl methyl sites for hydroxylation is 1. The Morgan fingerprint density at radius 2 is 2.21 bits per heavy atom. The number of aromatic nitrogens is 3. The highest BCUT2D eigenvalue weighted by Crippen LogP contribution is 2.30. The van der Waals surface area contributed by atoms with Crippen molar-refractivity contribution in [3.8, 4) is 5.75 Å². The van der Waals surface area contributed by atoms with Crippen LogP contribution < -0.4 is 15.4 Å². The minimum Gasteiger partial charge on any atom is -0.484 e. The van der Waals surface area contributed by atoms with Crippen LogP contribution in [0.1, 0.15) is 23.6 Å². The first-order chi connectivity index (χ1) is 14.0. The molecule has 2 amide bonds. The first-order valence-corrected chi connectivity index (χ1v) is 9.77. The van der Waals surface area contributed by atoms with E-state index in [1.807, 2.05) is 43.3 Å². The third-order valence-corrected chi connectivity index (χ3v) is 5.07. The van der Waals surface area contributed by atoms with Crippen LogP contribution in [-0.4, -0.2) is 33.2 Å². The molecule has 0 spiro atoms. The van der Waals surface area contributed by atoms with Crippen molar-refractivity contribution in [2.24, 2.45) is 0 Å². The molecule has 1 unspecified atom stereocenters. The van der Waals surface area contributed by atoms with Crippen LogP contribution in [0.15, 0.2) is 53.3 Å². The molecule has 0 fully saturated rings. The monoisotopic (exact) mass is 455 g/mol. The summed E-state index contributed by atoms with van der Waals surface area (Å²) in [5.41, 5.74) is 2.55. The molecule has 1 aliphatic rings. The molecule has 1 atom stereocenters. The zero-order valence-corrected chi connectivity index (χ0v) is 17.1. The van der Waals surface area contributed by atoms with Crippen molar-refractivity contribution < 1.29 is 14.3 Å². The Morgan fingerprint density at radius 3 is 3.03 bits per heavy atom. The molecule has 148 valence electrons. The lowest BCUT2D eigenvalue weighted by Crippen LogP contribution is -2.29. The number of nitrogens with one attached hydrogen (secondary N) is 2. The first-order valence-electron chi connectivity index (χ1n) is 8.98. The van der Waals surface area contributed by atoms with Crippen LogP contribution in [0.3, 0.4) is 0 Å². The second-order valence-electron chi connectivity index (χ2n) is 6.66. The predicted molar refractivity (Wildman–Crippen MR) is 111 cm³/mol. The SMILES string of the molecule is Cc1cc(Br)ccc1NC(=O)COc1cccc(C2CC(=O)Nc3ncnn32)c1. The first kappa shape index (κ1) is 19.1. The second kappa shape index (κ2) is 8.04. The lowest BCUT2D eigenvalue weighted by atomic mass is 10.0. The van der Waals surface area contributed by atoms with Gasteiger partial charge in [0.15, 0.2) is 6.61 Å². The van der Waals surface area contributed by atoms with Gasteiger partial charge in [-0.3, -0.25) is 14.9 Å². The van der Waals surface area contributed by atoms with Crippen LogP contribution in [0, 0.1) is 6.92 Å². The van der Waals surface area contributed by atoms with E-state index in [0.29, 0.717) is 11.7 Å². The summed E-state index contributed by atoms with van der Waals surface area (Å²) in [7, 11) is 0. The molecule has 2 heterocycles. The second-order valence-corrected chi connectivity index (χ2v) is 7.58. The Balaban J connectivity index is 1.43. The van der Waals surface area contributed by atoms with Gasteiger partial charge in [-0.1, -0.05) is 28.1 Å². The standard InChI is InChI=1S/C20H18BrN5O3/c1-12-7-14(21)5-6-16(12)24-19(28)10-29-15-4-2-3-13(8-15)17-9-18(27)25-20-22-11-23-26(17)20/h2-8,11,17H,9-10H2,1H3,(H,24,28)(H,22,23,25,27). The molecular weight excluding hydrogens is 438 g/mol. The van der Waals surface area contributed by atoms with E-state index in [9.17, 15) is 9.59 Å². The molecule has 1 aromatic heterocycles. The van der Waals surface area contributed by atoms with E-state index in [1.54, 1.807) is 10.7 Å². The lowest BCUT2D eigenvalue weighted by molar-refractivity contribution is -0.118. The van der Waals surface area contributed by atoms with E-state index in [-0.39, 0.29) is 30.9 Å². The van der Waals surface area contributed by atoms with Crippen molar-refractivity contribution in [2.45, 2.75) is 19.4 Å². The van der Waals surface area contributed by atoms with Gasteiger partial charge in [0, 0.05) is 10.2 Å². The molecule has 1 aliphatic heterocycles. The van der Waals surface area contributed by atoms with Crippen LogP contribution in [0.2, 0.25) is 0 Å². The highest BCUT2D eigenvalue weighted by molar-refractivity contribution is 9.10. The molecular formula is C20H18BrN5O3. The summed E-state index contributed by atoms with van der Waals surface area (Å²) in [6.45, 7) is 1.79. The number of nitrogens with zero attached hydrogens (tertiary/aromatic N) is 3. The number of carbonyl (C=O) groups excluding carboxylic acids is 2. The summed E-state index contributed by atoms with van der Waals surface area (Å²) in [5.74, 6) is 0.585. The van der Waals surface area contributed by atoms with Gasteiger partial charge >= 0.3 is 0 Å². The van der Waals surface area contributed by atoms with Crippen molar-refractivity contribution in [2.75, 3.05) is 17.2 Å². The van der Waals surface area contributed by atoms with Crippen molar-refractivity contribution in [1.82, 2.24) is 14.8 Å². The van der Waals surface area contributed by atoms with Crippen molar-refractivity contribution in [3.05, 3.63) is 64.4 Å². The van der Waals surface area contributed by atoms with Gasteiger partial charge < -0.3 is 10.1 Å². The average Bonchev–Trinajstić information content (AvgIpc) is 3.16. The fraction of sp³-hybridized carbons (Fsp3) is 0.200. The van der Waals surface area contributed by atoms with E-state index in [2.05, 4.69) is 36.6 Å². The maximum atomic E-state index is 12.3. The van der Waals surface area contributed by atoms with E-state index in [1.165, 1.54) is 6.33 Å². The normalized spacial score (nSPS) is 15.4. The summed E-state index contributed by atoms with van der Waals surface area (Å²) in [4.78, 5) is 28.3. The van der Waals surface area contributed by atoms with Crippen molar-refractivity contribution >= 4 is 39.4 Å². The fourth-order valence-corrected chi connectivity index (χ4v) is 3.65. The highest BCUT2D eigenvalue weighted by Gasteiger charge is 2.27. The highest BCUT2D eigenvalue weighted by atomic mass is 79.9. The lowest BCUT2D eigenvalue weighted by Gasteiger charge is -2.24. The molecule has 3 aromatic rings. The number of benzene rings is 2. The number of ether oxygens (including phenoxy) is 1. The van der Waals surface area contributed by atoms with Crippen LogP contribution >= 0.6 is 15.9 Å². The number of halogens is 1. The van der Waals surface area contributed by atoms with Crippen molar-refractivity contribution in [1.29, 1.82) is 0 Å². The minimum absolute atomic E-state index is 0.119. The van der Waals surface area contributed by atoms with Gasteiger partial charge in [-0.2, -0.15) is 10.1 Å². The topological polar surface area (TPSA) is 98.1 Å². The van der Waals surface area contributed by atoms with Gasteiger partial charge in [0.25, 0.3) is 5.91 Å². The quantitative estimate of drug-likeness (QED) is 0.614. The van der Waals surface area contributed by atoms with Crippen LogP contribution in [0.4, 0.5) is 11.6 Å². The zero-order valence-electron chi connectivity index (χ0n) is 15.6. The average molecular weight is 456 g/mol. The molecule has 2 N–H and O–H groups in total. The number of anilines is 2. The van der Waals surface area contributed by atoms with Crippen LogP contribution in [0.25, 0.3) is 0 Å². The molecule has 8 nitrogen and oxygen atoms in total. The van der Waals surface area contributed by atoms with E-state index in [4.69, 9.17) is 4.74 Å². The van der Waals surface area contributed by atoms with Gasteiger partial charge in [-0.25, -0.2) is 4.68 Å². The zero-order chi connectivity index (χ0) is 20.4. The Hall–Kier alpha value is -3.20. The van der Waals surface area contributed by atoms with Crippen LogP contribution in [-0.2, 0) is 9.59 Å². The number of rotatable bonds is 5. The maximum absolute atomic E-state index is 12.3. The van der Waals surface area contributed by atoms with Gasteiger partial charge in [-0.15, -0.1) is 0 Å². The molecule has 0 saturated heterocycles. The molecule has 0 aliphatic carbocycles. The summed E-state index contributed by atoms with van der Waals surface area (Å²) in [5, 5.41) is 9.73. The van der Waals surface area contributed by atoms with Crippen LogP contribution in [0.5, 0.6) is 5.75 Å². The van der Waals surface area contributed by atoms with E-state index < -0.39 is 0 Å². The molecule has 0 saturated carbocycles. The third kappa shape index (κ3) is 4.29. The number of hydrogen-bond donors (Lipinski definition) is 2. The number of amides is 2. The Kier molecular flexibility index (Phi) is 5.30. The Labute approximate surface area is 175 Å². The molecule has 4 rings (SSSR count). The third-order valence-electron chi connectivity index (χ3n) is 4.57. The predicted octanol–water partition coefficient (Wildman–Crippen LogP) is 3.30. The van der Waals surface area contributed by atoms with Crippen molar-refractivity contribution in [3.63, 3.8) is 0 Å². The summed E-state index contributed by atoms with van der Waals surface area (Å²) in [6, 6.07) is 12.7. The number of fused-ring (bicyclic) bond motifs is 1. The van der Waals surface area contributed by atoms with Gasteiger partial charge in [0.1, 0.15) is 12.1 Å². The Bertz CT molecular complexity index is 1080. The molecule has 0 bridgehead atoms. The molecule has 9 heteroatoms. The van der Waals surface area contributed by atoms with Gasteiger partial charge in [0.05, 0.1) is 12.5 Å². The number of hydrogen-bond acceptors (Lipinski definition) is 5. The maximum Gasteiger partial charge on any atom is 0.262 e. The smallest absolute Gasteiger partial charge is 0.262 e. The van der Waals surface area contributed by atoms with Gasteiger partial charge in [-0.05, 0) is 48.4 Å². The summed E-state index contributed by atoms with van der Waals surface area (Å²) >= 11 is 3.40. The molecule has 2 aromatic carbocycles. The molecule has 29 heavy (non-hydrogen) atoms. The Morgan fingerprint density at radius 1 is 1.34 bits per heavy atom.